The van der Waals surface area contributed by atoms with E-state index >= 15 is 0 Å². The molecule has 0 radical (unpaired) electrons. The lowest BCUT2D eigenvalue weighted by Crippen LogP contribution is -2.38. The summed E-state index contributed by atoms with van der Waals surface area (Å²) in [6.45, 7) is 4.63. The second kappa shape index (κ2) is 6.40. The highest BCUT2D eigenvalue weighted by Gasteiger charge is 2.29. The first kappa shape index (κ1) is 15.5. The fourth-order valence-corrected chi connectivity index (χ4v) is 2.59. The average molecular weight is 317 g/mol. The van der Waals surface area contributed by atoms with E-state index in [0.717, 1.165) is 11.3 Å². The van der Waals surface area contributed by atoms with Gasteiger partial charge in [0.15, 0.2) is 6.10 Å². The predicted molar refractivity (Wildman–Crippen MR) is 83.8 cm³/mol. The fourth-order valence-electron chi connectivity index (χ4n) is 2.59. The number of benzene rings is 1. The van der Waals surface area contributed by atoms with Crippen molar-refractivity contribution in [3.63, 3.8) is 0 Å². The molecule has 0 aliphatic carbocycles. The second-order valence-electron chi connectivity index (χ2n) is 5.98. The molecule has 1 aliphatic rings. The van der Waals surface area contributed by atoms with E-state index in [-0.39, 0.29) is 11.7 Å². The number of amides is 1. The molecule has 2 aromatic rings. The van der Waals surface area contributed by atoms with E-state index < -0.39 is 6.10 Å². The van der Waals surface area contributed by atoms with E-state index in [1.807, 2.05) is 16.9 Å². The molecule has 122 valence electrons. The molecule has 0 saturated heterocycles. The van der Waals surface area contributed by atoms with Crippen LogP contribution in [-0.4, -0.2) is 28.3 Å². The van der Waals surface area contributed by atoms with Crippen LogP contribution in [0.15, 0.2) is 30.5 Å². The number of rotatable bonds is 5. The van der Waals surface area contributed by atoms with Gasteiger partial charge in [0.25, 0.3) is 5.91 Å². The highest BCUT2D eigenvalue weighted by Crippen LogP contribution is 2.29. The number of hydrogen-bond donors (Lipinski definition) is 1. The fraction of sp³-hybridized carbons (Fsp3) is 0.412. The van der Waals surface area contributed by atoms with Crippen molar-refractivity contribution in [2.75, 3.05) is 6.54 Å². The van der Waals surface area contributed by atoms with E-state index in [2.05, 4.69) is 24.3 Å². The molecule has 1 aromatic heterocycles. The zero-order valence-corrected chi connectivity index (χ0v) is 13.3. The maximum absolute atomic E-state index is 13.2. The Morgan fingerprint density at radius 2 is 2.30 bits per heavy atom. The number of ether oxygens (including phenoxy) is 1. The standard InChI is InChI=1S/C17H20FN3O2/c1-11(2)21-8-6-14(20-21)5-7-19-17(22)16-10-12-9-13(18)3-4-15(12)23-16/h3-4,6,8-9,11,16H,5,7,10H2,1-2H3,(H,19,22)/t16-/m0/s1. The molecule has 1 N–H and O–H groups in total. The molecule has 2 heterocycles. The maximum atomic E-state index is 13.2. The molecule has 3 rings (SSSR count). The van der Waals surface area contributed by atoms with Crippen LogP contribution in [0.1, 0.15) is 31.1 Å². The predicted octanol–water partition coefficient (Wildman–Crippen LogP) is 2.27. The Morgan fingerprint density at radius 3 is 3.04 bits per heavy atom. The molecule has 23 heavy (non-hydrogen) atoms. The van der Waals surface area contributed by atoms with Gasteiger partial charge in [-0.15, -0.1) is 0 Å². The second-order valence-corrected chi connectivity index (χ2v) is 5.98. The molecule has 1 aromatic carbocycles. The van der Waals surface area contributed by atoms with Crippen molar-refractivity contribution in [2.24, 2.45) is 0 Å². The van der Waals surface area contributed by atoms with E-state index in [0.29, 0.717) is 31.2 Å². The quantitative estimate of drug-likeness (QED) is 0.920. The normalized spacial score (nSPS) is 16.3. The van der Waals surface area contributed by atoms with Crippen LogP contribution in [0.4, 0.5) is 4.39 Å². The van der Waals surface area contributed by atoms with Gasteiger partial charge < -0.3 is 10.1 Å². The Balaban J connectivity index is 1.49. The Morgan fingerprint density at radius 1 is 1.48 bits per heavy atom. The van der Waals surface area contributed by atoms with Gasteiger partial charge >= 0.3 is 0 Å². The number of fused-ring (bicyclic) bond motifs is 1. The van der Waals surface area contributed by atoms with Crippen LogP contribution in [-0.2, 0) is 17.6 Å². The number of nitrogens with one attached hydrogen (secondary N) is 1. The summed E-state index contributed by atoms with van der Waals surface area (Å²) in [6.07, 6.45) is 2.42. The lowest BCUT2D eigenvalue weighted by atomic mass is 10.1. The minimum atomic E-state index is -0.583. The monoisotopic (exact) mass is 317 g/mol. The van der Waals surface area contributed by atoms with Crippen LogP contribution in [0.5, 0.6) is 5.75 Å². The van der Waals surface area contributed by atoms with Crippen molar-refractivity contribution in [1.29, 1.82) is 0 Å². The van der Waals surface area contributed by atoms with Crippen molar-refractivity contribution >= 4 is 5.91 Å². The summed E-state index contributed by atoms with van der Waals surface area (Å²) in [5.74, 6) is 0.0984. The summed E-state index contributed by atoms with van der Waals surface area (Å²) in [4.78, 5) is 12.1. The van der Waals surface area contributed by atoms with Crippen molar-refractivity contribution in [1.82, 2.24) is 15.1 Å². The summed E-state index contributed by atoms with van der Waals surface area (Å²) in [5.41, 5.74) is 1.68. The van der Waals surface area contributed by atoms with E-state index in [1.54, 1.807) is 6.07 Å². The van der Waals surface area contributed by atoms with Crippen molar-refractivity contribution in [2.45, 2.75) is 38.8 Å². The number of nitrogens with zero attached hydrogens (tertiary/aromatic N) is 2. The molecular formula is C17H20FN3O2. The van der Waals surface area contributed by atoms with Gasteiger partial charge in [-0.1, -0.05) is 0 Å². The third kappa shape index (κ3) is 3.52. The highest BCUT2D eigenvalue weighted by molar-refractivity contribution is 5.82. The van der Waals surface area contributed by atoms with Crippen molar-refractivity contribution in [3.8, 4) is 5.75 Å². The zero-order chi connectivity index (χ0) is 16.4. The van der Waals surface area contributed by atoms with Crippen molar-refractivity contribution in [3.05, 3.63) is 47.5 Å². The van der Waals surface area contributed by atoms with Crippen LogP contribution >= 0.6 is 0 Å². The van der Waals surface area contributed by atoms with Crippen LogP contribution < -0.4 is 10.1 Å². The van der Waals surface area contributed by atoms with Gasteiger partial charge in [0, 0.05) is 37.2 Å². The SMILES string of the molecule is CC(C)n1ccc(CCNC(=O)[C@@H]2Cc3cc(F)ccc3O2)n1. The van der Waals surface area contributed by atoms with Crippen LogP contribution in [0.25, 0.3) is 0 Å². The molecule has 0 bridgehead atoms. The molecule has 1 aliphatic heterocycles. The van der Waals surface area contributed by atoms with Gasteiger partial charge in [-0.3, -0.25) is 9.48 Å². The van der Waals surface area contributed by atoms with Gasteiger partial charge in [-0.25, -0.2) is 4.39 Å². The maximum Gasteiger partial charge on any atom is 0.261 e. The average Bonchev–Trinajstić information content (AvgIpc) is 3.13. The zero-order valence-electron chi connectivity index (χ0n) is 13.3. The van der Waals surface area contributed by atoms with Gasteiger partial charge in [-0.05, 0) is 38.1 Å². The van der Waals surface area contributed by atoms with Crippen molar-refractivity contribution < 1.29 is 13.9 Å². The highest BCUT2D eigenvalue weighted by atomic mass is 19.1. The number of halogens is 1. The number of carbonyl (C=O) groups is 1. The summed E-state index contributed by atoms with van der Waals surface area (Å²) in [5, 5.41) is 7.29. The van der Waals surface area contributed by atoms with Crippen LogP contribution in [0.2, 0.25) is 0 Å². The van der Waals surface area contributed by atoms with Crippen LogP contribution in [0, 0.1) is 5.82 Å². The van der Waals surface area contributed by atoms with Crippen LogP contribution in [0.3, 0.4) is 0 Å². The van der Waals surface area contributed by atoms with Gasteiger partial charge in [-0.2, -0.15) is 5.10 Å². The lowest BCUT2D eigenvalue weighted by molar-refractivity contribution is -0.127. The first-order chi connectivity index (χ1) is 11.0. The molecular weight excluding hydrogens is 297 g/mol. The van der Waals surface area contributed by atoms with Gasteiger partial charge in [0.1, 0.15) is 11.6 Å². The number of hydrogen-bond acceptors (Lipinski definition) is 3. The third-order valence-corrected chi connectivity index (χ3v) is 3.86. The summed E-state index contributed by atoms with van der Waals surface area (Å²) < 4.78 is 20.6. The topological polar surface area (TPSA) is 56.2 Å². The molecule has 0 saturated carbocycles. The molecule has 5 nitrogen and oxygen atoms in total. The van der Waals surface area contributed by atoms with E-state index in [4.69, 9.17) is 4.74 Å². The Labute approximate surface area is 134 Å². The van der Waals surface area contributed by atoms with E-state index in [1.165, 1.54) is 12.1 Å². The van der Waals surface area contributed by atoms with E-state index in [9.17, 15) is 9.18 Å². The summed E-state index contributed by atoms with van der Waals surface area (Å²) in [6, 6.07) is 6.60. The molecule has 6 heteroatoms. The smallest absolute Gasteiger partial charge is 0.261 e. The Kier molecular flexibility index (Phi) is 4.32. The first-order valence-corrected chi connectivity index (χ1v) is 7.80. The van der Waals surface area contributed by atoms with Gasteiger partial charge in [0.2, 0.25) is 0 Å². The molecule has 1 amide bonds. The molecule has 0 fully saturated rings. The Hall–Kier alpha value is -2.37. The minimum Gasteiger partial charge on any atom is -0.480 e. The lowest BCUT2D eigenvalue weighted by Gasteiger charge is -2.10. The number of aromatic nitrogens is 2. The summed E-state index contributed by atoms with van der Waals surface area (Å²) >= 11 is 0. The molecule has 1 atom stereocenters. The largest absolute Gasteiger partial charge is 0.480 e. The Bertz CT molecular complexity index is 712. The minimum absolute atomic E-state index is 0.176. The molecule has 0 spiro atoms. The number of carbonyl (C=O) groups excluding carboxylic acids is 1. The first-order valence-electron chi connectivity index (χ1n) is 7.80. The van der Waals surface area contributed by atoms with Gasteiger partial charge in [0.05, 0.1) is 5.69 Å². The third-order valence-electron chi connectivity index (χ3n) is 3.86. The molecule has 0 unspecified atom stereocenters. The summed E-state index contributed by atoms with van der Waals surface area (Å²) in [7, 11) is 0.